The van der Waals surface area contributed by atoms with Crippen LogP contribution in [0.2, 0.25) is 4.34 Å². The topological polar surface area (TPSA) is 25.2 Å². The van der Waals surface area contributed by atoms with E-state index in [1.807, 2.05) is 6.07 Å². The molecule has 2 aromatic rings. The first kappa shape index (κ1) is 12.3. The Labute approximate surface area is 116 Å². The predicted octanol–water partition coefficient (Wildman–Crippen LogP) is 4.01. The van der Waals surface area contributed by atoms with E-state index in [4.69, 9.17) is 11.6 Å². The van der Waals surface area contributed by atoms with Gasteiger partial charge in [-0.1, -0.05) is 18.0 Å². The van der Waals surface area contributed by atoms with Crippen LogP contribution >= 0.6 is 22.9 Å². The molecule has 96 valence electrons. The van der Waals surface area contributed by atoms with Crippen molar-refractivity contribution in [2.24, 2.45) is 0 Å². The Balaban J connectivity index is 1.84. The maximum atomic E-state index is 10.1. The molecule has 3 rings (SSSR count). The summed E-state index contributed by atoms with van der Waals surface area (Å²) in [6.07, 6.45) is 8.27. The predicted molar refractivity (Wildman–Crippen MR) is 75.4 cm³/mol. The van der Waals surface area contributed by atoms with Crippen molar-refractivity contribution in [1.82, 2.24) is 4.57 Å². The average Bonchev–Trinajstić information content (AvgIpc) is 2.88. The molecule has 0 spiro atoms. The third-order valence-corrected chi connectivity index (χ3v) is 4.71. The highest BCUT2D eigenvalue weighted by Gasteiger charge is 2.18. The summed E-state index contributed by atoms with van der Waals surface area (Å²) in [7, 11) is 0. The molecule has 0 bridgehead atoms. The van der Waals surface area contributed by atoms with Crippen LogP contribution in [0, 0.1) is 0 Å². The molecule has 18 heavy (non-hydrogen) atoms. The molecular formula is C14H16ClNOS. The van der Waals surface area contributed by atoms with Gasteiger partial charge in [-0.15, -0.1) is 11.3 Å². The van der Waals surface area contributed by atoms with Crippen LogP contribution in [0.3, 0.4) is 0 Å². The van der Waals surface area contributed by atoms with Gasteiger partial charge in [0.05, 0.1) is 17.0 Å². The minimum Gasteiger partial charge on any atom is -0.388 e. The second kappa shape index (κ2) is 5.08. The number of aryl methyl sites for hydroxylation is 1. The monoisotopic (exact) mass is 281 g/mol. The second-order valence-electron chi connectivity index (χ2n) is 4.88. The summed E-state index contributed by atoms with van der Waals surface area (Å²) in [5.41, 5.74) is 2.43. The maximum Gasteiger partial charge on any atom is 0.0931 e. The van der Waals surface area contributed by atoms with Gasteiger partial charge in [0.2, 0.25) is 0 Å². The molecule has 0 radical (unpaired) electrons. The first-order valence-electron chi connectivity index (χ1n) is 6.33. The van der Waals surface area contributed by atoms with E-state index in [1.54, 1.807) is 11.3 Å². The van der Waals surface area contributed by atoms with Crippen LogP contribution in [0.25, 0.3) is 0 Å². The molecule has 2 nitrogen and oxygen atoms in total. The molecule has 0 saturated heterocycles. The summed E-state index contributed by atoms with van der Waals surface area (Å²) in [5, 5.41) is 10.1. The fourth-order valence-electron chi connectivity index (χ4n) is 2.60. The van der Waals surface area contributed by atoms with E-state index in [9.17, 15) is 5.11 Å². The Morgan fingerprint density at radius 2 is 2.22 bits per heavy atom. The summed E-state index contributed by atoms with van der Waals surface area (Å²) in [6, 6.07) is 4.00. The van der Waals surface area contributed by atoms with E-state index in [0.717, 1.165) is 35.7 Å². The molecular weight excluding hydrogens is 266 g/mol. The van der Waals surface area contributed by atoms with Crippen LogP contribution in [0.4, 0.5) is 0 Å². The summed E-state index contributed by atoms with van der Waals surface area (Å²) in [6.45, 7) is 0.844. The van der Waals surface area contributed by atoms with E-state index in [-0.39, 0.29) is 6.10 Å². The summed E-state index contributed by atoms with van der Waals surface area (Å²) < 4.78 is 3.00. The SMILES string of the molecule is OC1CCCCc2cn(Cc3ccc(Cl)s3)cc21. The Morgan fingerprint density at radius 3 is 3.00 bits per heavy atom. The molecule has 0 aromatic carbocycles. The number of rotatable bonds is 2. The van der Waals surface area contributed by atoms with E-state index >= 15 is 0 Å². The van der Waals surface area contributed by atoms with Crippen molar-refractivity contribution in [2.75, 3.05) is 0 Å². The zero-order valence-electron chi connectivity index (χ0n) is 10.1. The van der Waals surface area contributed by atoms with Crippen LogP contribution < -0.4 is 0 Å². The Kier molecular flexibility index (Phi) is 3.46. The van der Waals surface area contributed by atoms with Gasteiger partial charge in [-0.3, -0.25) is 0 Å². The number of hydrogen-bond acceptors (Lipinski definition) is 2. The molecule has 0 amide bonds. The molecule has 1 aliphatic carbocycles. The lowest BCUT2D eigenvalue weighted by molar-refractivity contribution is 0.166. The van der Waals surface area contributed by atoms with Crippen LogP contribution in [0.5, 0.6) is 0 Å². The zero-order valence-corrected chi connectivity index (χ0v) is 11.7. The Bertz CT molecular complexity index is 546. The fourth-order valence-corrected chi connectivity index (χ4v) is 3.70. The third kappa shape index (κ3) is 2.48. The lowest BCUT2D eigenvalue weighted by Crippen LogP contribution is -1.96. The number of halogens is 1. The highest BCUT2D eigenvalue weighted by Crippen LogP contribution is 2.30. The van der Waals surface area contributed by atoms with Crippen molar-refractivity contribution in [1.29, 1.82) is 0 Å². The number of aromatic nitrogens is 1. The standard InChI is InChI=1S/C14H16ClNOS/c15-14-6-5-11(18-14)8-16-7-10-3-1-2-4-13(17)12(10)9-16/h5-7,9,13,17H,1-4,8H2. The van der Waals surface area contributed by atoms with E-state index in [0.29, 0.717) is 0 Å². The largest absolute Gasteiger partial charge is 0.388 e. The normalized spacial score (nSPS) is 19.6. The van der Waals surface area contributed by atoms with Crippen molar-refractivity contribution in [3.63, 3.8) is 0 Å². The highest BCUT2D eigenvalue weighted by atomic mass is 35.5. The smallest absolute Gasteiger partial charge is 0.0931 e. The lowest BCUT2D eigenvalue weighted by atomic mass is 10.1. The zero-order chi connectivity index (χ0) is 12.5. The summed E-state index contributed by atoms with van der Waals surface area (Å²) in [4.78, 5) is 1.25. The minimum absolute atomic E-state index is 0.282. The van der Waals surface area contributed by atoms with Gasteiger partial charge in [0.15, 0.2) is 0 Å². The van der Waals surface area contributed by atoms with Crippen LogP contribution in [-0.4, -0.2) is 9.67 Å². The number of thiophene rings is 1. The molecule has 1 N–H and O–H groups in total. The van der Waals surface area contributed by atoms with E-state index in [2.05, 4.69) is 23.0 Å². The minimum atomic E-state index is -0.282. The van der Waals surface area contributed by atoms with Gasteiger partial charge in [-0.2, -0.15) is 0 Å². The lowest BCUT2D eigenvalue weighted by Gasteiger charge is -2.06. The van der Waals surface area contributed by atoms with Gasteiger partial charge in [-0.25, -0.2) is 0 Å². The van der Waals surface area contributed by atoms with Gasteiger partial charge in [-0.05, 0) is 37.0 Å². The first-order valence-corrected chi connectivity index (χ1v) is 7.52. The summed E-state index contributed by atoms with van der Waals surface area (Å²) >= 11 is 7.56. The van der Waals surface area contributed by atoms with Gasteiger partial charge in [0.25, 0.3) is 0 Å². The van der Waals surface area contributed by atoms with Gasteiger partial charge < -0.3 is 9.67 Å². The summed E-state index contributed by atoms with van der Waals surface area (Å²) in [5.74, 6) is 0. The van der Waals surface area contributed by atoms with Crippen molar-refractivity contribution in [3.05, 3.63) is 44.9 Å². The average molecular weight is 282 g/mol. The molecule has 0 fully saturated rings. The van der Waals surface area contributed by atoms with Crippen molar-refractivity contribution >= 4 is 22.9 Å². The fraction of sp³-hybridized carbons (Fsp3) is 0.429. The molecule has 1 unspecified atom stereocenters. The number of hydrogen-bond donors (Lipinski definition) is 1. The van der Waals surface area contributed by atoms with Gasteiger partial charge in [0.1, 0.15) is 0 Å². The second-order valence-corrected chi connectivity index (χ2v) is 6.68. The van der Waals surface area contributed by atoms with Crippen molar-refractivity contribution < 1.29 is 5.11 Å². The maximum absolute atomic E-state index is 10.1. The Morgan fingerprint density at radius 1 is 1.33 bits per heavy atom. The highest BCUT2D eigenvalue weighted by molar-refractivity contribution is 7.16. The molecule has 0 aliphatic heterocycles. The van der Waals surface area contributed by atoms with Crippen LogP contribution in [0.1, 0.15) is 41.4 Å². The number of nitrogens with zero attached hydrogens (tertiary/aromatic N) is 1. The van der Waals surface area contributed by atoms with E-state index in [1.165, 1.54) is 16.9 Å². The molecule has 2 heterocycles. The van der Waals surface area contributed by atoms with Crippen molar-refractivity contribution in [3.8, 4) is 0 Å². The molecule has 0 saturated carbocycles. The number of fused-ring (bicyclic) bond motifs is 1. The number of aliphatic hydroxyl groups is 1. The quantitative estimate of drug-likeness (QED) is 0.827. The van der Waals surface area contributed by atoms with Gasteiger partial charge in [0, 0.05) is 22.8 Å². The number of aliphatic hydroxyl groups excluding tert-OH is 1. The molecule has 4 heteroatoms. The molecule has 2 aromatic heterocycles. The third-order valence-electron chi connectivity index (χ3n) is 3.50. The van der Waals surface area contributed by atoms with Crippen LogP contribution in [-0.2, 0) is 13.0 Å². The van der Waals surface area contributed by atoms with Crippen LogP contribution in [0.15, 0.2) is 24.5 Å². The molecule has 1 aliphatic rings. The first-order chi connectivity index (χ1) is 8.72. The molecule has 1 atom stereocenters. The van der Waals surface area contributed by atoms with Crippen molar-refractivity contribution in [2.45, 2.75) is 38.3 Å². The van der Waals surface area contributed by atoms with E-state index < -0.39 is 0 Å². The van der Waals surface area contributed by atoms with Gasteiger partial charge >= 0.3 is 0 Å². The Hall–Kier alpha value is -0.770.